The quantitative estimate of drug-likeness (QED) is 0.720. The molecule has 0 spiro atoms. The van der Waals surface area contributed by atoms with Gasteiger partial charge in [0.2, 0.25) is 0 Å². The lowest BCUT2D eigenvalue weighted by Gasteiger charge is -2.16. The Morgan fingerprint density at radius 3 is 2.53 bits per heavy atom. The number of allylic oxidation sites excluding steroid dienone is 1. The largest absolute Gasteiger partial charge is 0.493 e. The maximum atomic E-state index is 12.8. The zero-order chi connectivity index (χ0) is 13.1. The van der Waals surface area contributed by atoms with E-state index < -0.39 is 11.7 Å². The van der Waals surface area contributed by atoms with Gasteiger partial charge in [0.05, 0.1) is 12.2 Å². The molecule has 1 radical (unpaired) electrons. The van der Waals surface area contributed by atoms with Crippen LogP contribution in [0.5, 0.6) is 5.75 Å². The summed E-state index contributed by atoms with van der Waals surface area (Å²) in [6.07, 6.45) is -2.93. The van der Waals surface area contributed by atoms with Gasteiger partial charge in [-0.25, -0.2) is 0 Å². The topological polar surface area (TPSA) is 9.23 Å². The van der Waals surface area contributed by atoms with Crippen molar-refractivity contribution in [1.82, 2.24) is 0 Å². The lowest BCUT2D eigenvalue weighted by atomic mass is 9.98. The Labute approximate surface area is 98.9 Å². The molecule has 1 unspecified atom stereocenters. The molecule has 0 heterocycles. The monoisotopic (exact) mass is 243 g/mol. The van der Waals surface area contributed by atoms with E-state index in [1.807, 2.05) is 0 Å². The van der Waals surface area contributed by atoms with Crippen LogP contribution in [0.4, 0.5) is 13.2 Å². The van der Waals surface area contributed by atoms with Gasteiger partial charge >= 0.3 is 6.18 Å². The van der Waals surface area contributed by atoms with Crippen molar-refractivity contribution in [2.24, 2.45) is 0 Å². The van der Waals surface area contributed by atoms with Crippen molar-refractivity contribution in [2.45, 2.75) is 19.0 Å². The number of hydrogen-bond acceptors (Lipinski definition) is 1. The molecule has 0 bridgehead atoms. The second-order valence-corrected chi connectivity index (χ2v) is 3.53. The fourth-order valence-corrected chi connectivity index (χ4v) is 1.42. The molecule has 4 heteroatoms. The number of alkyl halides is 3. The van der Waals surface area contributed by atoms with Crippen LogP contribution in [0, 0.1) is 6.92 Å². The predicted molar refractivity (Wildman–Crippen MR) is 60.9 cm³/mol. The molecule has 1 rings (SSSR count). The molecular formula is C13H14F3O. The van der Waals surface area contributed by atoms with E-state index in [0.717, 1.165) is 6.07 Å². The van der Waals surface area contributed by atoms with Crippen LogP contribution < -0.4 is 4.74 Å². The van der Waals surface area contributed by atoms with Gasteiger partial charge in [0.25, 0.3) is 0 Å². The molecule has 1 aromatic carbocycles. The Bertz CT molecular complexity index is 396. The summed E-state index contributed by atoms with van der Waals surface area (Å²) < 4.78 is 43.3. The van der Waals surface area contributed by atoms with E-state index in [4.69, 9.17) is 4.74 Å². The lowest BCUT2D eigenvalue weighted by molar-refractivity contribution is -0.138. The molecule has 0 saturated carbocycles. The molecule has 93 valence electrons. The van der Waals surface area contributed by atoms with Crippen LogP contribution >= 0.6 is 0 Å². The first-order valence-corrected chi connectivity index (χ1v) is 5.19. The lowest BCUT2D eigenvalue weighted by Crippen LogP contribution is -2.09. The number of hydrogen-bond donors (Lipinski definition) is 0. The number of ether oxygens (including phenoxy) is 1. The van der Waals surface area contributed by atoms with Gasteiger partial charge in [0.1, 0.15) is 5.75 Å². The molecule has 0 aromatic heterocycles. The zero-order valence-corrected chi connectivity index (χ0v) is 9.55. The number of halogens is 3. The third kappa shape index (κ3) is 3.25. The second kappa shape index (κ2) is 5.25. The van der Waals surface area contributed by atoms with Crippen LogP contribution in [0.2, 0.25) is 0 Å². The molecule has 0 amide bonds. The summed E-state index contributed by atoms with van der Waals surface area (Å²) in [4.78, 5) is 0. The minimum absolute atomic E-state index is 0.153. The molecule has 0 aliphatic carbocycles. The Balaban J connectivity index is 3.24. The Kier molecular flexibility index (Phi) is 4.21. The van der Waals surface area contributed by atoms with Crippen LogP contribution in [0.25, 0.3) is 0 Å². The van der Waals surface area contributed by atoms with Gasteiger partial charge in [0.15, 0.2) is 0 Å². The standard InChI is InChI=1S/C13H14F3O/c1-4-9(3)10-6-7-12(17-5-2)11(8-10)13(14,15)16/h4,6-9H,1,3,5H2,2H3. The van der Waals surface area contributed by atoms with E-state index in [9.17, 15) is 13.2 Å². The highest BCUT2D eigenvalue weighted by molar-refractivity contribution is 5.41. The predicted octanol–water partition coefficient (Wildman–Crippen LogP) is 4.21. The van der Waals surface area contributed by atoms with Gasteiger partial charge in [-0.3, -0.25) is 0 Å². The third-order valence-corrected chi connectivity index (χ3v) is 2.32. The summed E-state index contributed by atoms with van der Waals surface area (Å²) in [5.74, 6) is -0.521. The van der Waals surface area contributed by atoms with Gasteiger partial charge in [-0.15, -0.1) is 6.58 Å². The minimum atomic E-state index is -4.43. The molecule has 1 nitrogen and oxygen atoms in total. The molecule has 0 aliphatic rings. The van der Waals surface area contributed by atoms with Gasteiger partial charge in [-0.2, -0.15) is 13.2 Å². The smallest absolute Gasteiger partial charge is 0.419 e. The molecule has 1 atom stereocenters. The third-order valence-electron chi connectivity index (χ3n) is 2.32. The molecular weight excluding hydrogens is 229 g/mol. The highest BCUT2D eigenvalue weighted by Gasteiger charge is 2.34. The highest BCUT2D eigenvalue weighted by atomic mass is 19.4. The Hall–Kier alpha value is -1.45. The first-order chi connectivity index (χ1) is 7.90. The van der Waals surface area contributed by atoms with E-state index in [1.54, 1.807) is 13.0 Å². The van der Waals surface area contributed by atoms with Crippen molar-refractivity contribution < 1.29 is 17.9 Å². The Morgan fingerprint density at radius 1 is 1.41 bits per heavy atom. The van der Waals surface area contributed by atoms with E-state index in [1.165, 1.54) is 12.1 Å². The first kappa shape index (κ1) is 13.6. The molecule has 0 aliphatic heterocycles. The molecule has 0 fully saturated rings. The SMILES string of the molecule is [CH2]C(C=C)c1ccc(OCC)c(C(F)(F)F)c1. The summed E-state index contributed by atoms with van der Waals surface area (Å²) in [6.45, 7) is 9.04. The summed E-state index contributed by atoms with van der Waals surface area (Å²) in [5.41, 5.74) is -0.303. The average Bonchev–Trinajstić information content (AvgIpc) is 2.27. The fourth-order valence-electron chi connectivity index (χ4n) is 1.42. The van der Waals surface area contributed by atoms with Crippen molar-refractivity contribution in [3.05, 3.63) is 48.9 Å². The highest BCUT2D eigenvalue weighted by Crippen LogP contribution is 2.38. The van der Waals surface area contributed by atoms with Crippen molar-refractivity contribution in [3.63, 3.8) is 0 Å². The molecule has 0 N–H and O–H groups in total. The van der Waals surface area contributed by atoms with Crippen molar-refractivity contribution in [3.8, 4) is 5.75 Å². The summed E-state index contributed by atoms with van der Waals surface area (Å²) >= 11 is 0. The number of rotatable bonds is 4. The van der Waals surface area contributed by atoms with Gasteiger partial charge in [0, 0.05) is 5.92 Å². The second-order valence-electron chi connectivity index (χ2n) is 3.53. The van der Waals surface area contributed by atoms with E-state index >= 15 is 0 Å². The number of benzene rings is 1. The molecule has 1 aromatic rings. The van der Waals surface area contributed by atoms with Crippen LogP contribution in [0.3, 0.4) is 0 Å². The summed E-state index contributed by atoms with van der Waals surface area (Å²) in [5, 5.41) is 0. The van der Waals surface area contributed by atoms with Gasteiger partial charge < -0.3 is 4.74 Å². The fraction of sp³-hybridized carbons (Fsp3) is 0.308. The zero-order valence-electron chi connectivity index (χ0n) is 9.55. The maximum absolute atomic E-state index is 12.8. The van der Waals surface area contributed by atoms with Crippen LogP contribution in [-0.2, 0) is 6.18 Å². The van der Waals surface area contributed by atoms with E-state index in [0.29, 0.717) is 5.56 Å². The summed E-state index contributed by atoms with van der Waals surface area (Å²) in [7, 11) is 0. The average molecular weight is 243 g/mol. The van der Waals surface area contributed by atoms with Crippen molar-refractivity contribution >= 4 is 0 Å². The van der Waals surface area contributed by atoms with Gasteiger partial charge in [-0.05, 0) is 31.5 Å². The van der Waals surface area contributed by atoms with Crippen LogP contribution in [-0.4, -0.2) is 6.61 Å². The van der Waals surface area contributed by atoms with Crippen molar-refractivity contribution in [2.75, 3.05) is 6.61 Å². The van der Waals surface area contributed by atoms with Crippen LogP contribution in [0.1, 0.15) is 24.0 Å². The summed E-state index contributed by atoms with van der Waals surface area (Å²) in [6, 6.07) is 3.95. The van der Waals surface area contributed by atoms with Crippen LogP contribution in [0.15, 0.2) is 30.9 Å². The Morgan fingerprint density at radius 2 is 2.06 bits per heavy atom. The normalized spacial score (nSPS) is 13.2. The van der Waals surface area contributed by atoms with E-state index in [-0.39, 0.29) is 18.3 Å². The van der Waals surface area contributed by atoms with E-state index in [2.05, 4.69) is 13.5 Å². The first-order valence-electron chi connectivity index (χ1n) is 5.19. The maximum Gasteiger partial charge on any atom is 0.419 e. The van der Waals surface area contributed by atoms with Crippen molar-refractivity contribution in [1.29, 1.82) is 0 Å². The molecule has 17 heavy (non-hydrogen) atoms. The van der Waals surface area contributed by atoms with Gasteiger partial charge in [-0.1, -0.05) is 12.1 Å². The minimum Gasteiger partial charge on any atom is -0.493 e. The molecule has 0 saturated heterocycles.